The van der Waals surface area contributed by atoms with Gasteiger partial charge in [0.15, 0.2) is 0 Å². The molecule has 1 aliphatic rings. The quantitative estimate of drug-likeness (QED) is 0.855. The predicted octanol–water partition coefficient (Wildman–Crippen LogP) is 4.76. The molecule has 0 spiro atoms. The average Bonchev–Trinajstić information content (AvgIpc) is 2.61. The van der Waals surface area contributed by atoms with E-state index in [-0.39, 0.29) is 12.8 Å². The van der Waals surface area contributed by atoms with Crippen molar-refractivity contribution in [3.8, 4) is 11.3 Å². The lowest BCUT2D eigenvalue weighted by Gasteiger charge is -2.32. The highest BCUT2D eigenvalue weighted by Gasteiger charge is 2.48. The molecule has 0 saturated heterocycles. The monoisotopic (exact) mass is 363 g/mol. The summed E-state index contributed by atoms with van der Waals surface area (Å²) in [5, 5.41) is 2.66. The van der Waals surface area contributed by atoms with Crippen LogP contribution >= 0.6 is 0 Å². The second-order valence-electron chi connectivity index (χ2n) is 6.60. The van der Waals surface area contributed by atoms with Gasteiger partial charge in [0.2, 0.25) is 5.91 Å². The number of nitrogens with zero attached hydrogens (tertiary/aromatic N) is 2. The summed E-state index contributed by atoms with van der Waals surface area (Å²) >= 11 is 0. The van der Waals surface area contributed by atoms with Crippen molar-refractivity contribution < 1.29 is 18.0 Å². The molecule has 26 heavy (non-hydrogen) atoms. The molecule has 1 fully saturated rings. The lowest BCUT2D eigenvalue weighted by molar-refractivity contribution is -0.197. The molecular weight excluding hydrogens is 343 g/mol. The number of aromatic nitrogens is 2. The molecule has 1 aromatic heterocycles. The Bertz CT molecular complexity index is 792. The second-order valence-corrected chi connectivity index (χ2v) is 6.60. The number of hydrogen-bond acceptors (Lipinski definition) is 3. The van der Waals surface area contributed by atoms with Gasteiger partial charge < -0.3 is 5.32 Å². The van der Waals surface area contributed by atoms with Crippen molar-refractivity contribution in [3.63, 3.8) is 0 Å². The summed E-state index contributed by atoms with van der Waals surface area (Å²) < 4.78 is 39.7. The maximum atomic E-state index is 13.2. The molecule has 1 heterocycles. The molecule has 138 valence electrons. The predicted molar refractivity (Wildman–Crippen MR) is 92.3 cm³/mol. The van der Waals surface area contributed by atoms with Crippen LogP contribution in [0.25, 0.3) is 11.3 Å². The van der Waals surface area contributed by atoms with Gasteiger partial charge in [-0.05, 0) is 38.0 Å². The van der Waals surface area contributed by atoms with E-state index in [1.165, 1.54) is 0 Å². The lowest BCUT2D eigenvalue weighted by atomic mass is 9.78. The number of halogens is 3. The molecular formula is C19H20F3N3O. The van der Waals surface area contributed by atoms with Crippen LogP contribution in [0, 0.1) is 18.8 Å². The lowest BCUT2D eigenvalue weighted by Crippen LogP contribution is -2.39. The largest absolute Gasteiger partial charge is 0.392 e. The van der Waals surface area contributed by atoms with Crippen LogP contribution in [0.3, 0.4) is 0 Å². The standard InChI is InChI=1S/C19H20F3N3O/c1-12-23-10-9-17(24-12)13-5-4-6-14(11-13)25-18(26)15-7-2-3-8-16(15)19(20,21)22/h4-6,9-11,15-16H,2-3,7-8H2,1H3,(H,25,26)/t15-,16-/m0/s1. The maximum Gasteiger partial charge on any atom is 0.392 e. The van der Waals surface area contributed by atoms with Crippen LogP contribution in [0.15, 0.2) is 36.5 Å². The van der Waals surface area contributed by atoms with E-state index >= 15 is 0 Å². The molecule has 0 bridgehead atoms. The van der Waals surface area contributed by atoms with Gasteiger partial charge in [0.1, 0.15) is 5.82 Å². The van der Waals surface area contributed by atoms with Crippen molar-refractivity contribution >= 4 is 11.6 Å². The Morgan fingerprint density at radius 1 is 1.19 bits per heavy atom. The summed E-state index contributed by atoms with van der Waals surface area (Å²) in [6, 6.07) is 8.70. The van der Waals surface area contributed by atoms with Crippen LogP contribution in [-0.2, 0) is 4.79 Å². The minimum absolute atomic E-state index is 0.0157. The highest BCUT2D eigenvalue weighted by atomic mass is 19.4. The van der Waals surface area contributed by atoms with Crippen LogP contribution in [-0.4, -0.2) is 22.1 Å². The summed E-state index contributed by atoms with van der Waals surface area (Å²) in [5.41, 5.74) is 1.93. The summed E-state index contributed by atoms with van der Waals surface area (Å²) in [6.07, 6.45) is -1.27. The molecule has 0 aliphatic heterocycles. The summed E-state index contributed by atoms with van der Waals surface area (Å²) in [4.78, 5) is 20.9. The van der Waals surface area contributed by atoms with E-state index in [4.69, 9.17) is 0 Å². The van der Waals surface area contributed by atoms with E-state index in [0.717, 1.165) is 5.56 Å². The van der Waals surface area contributed by atoms with Gasteiger partial charge >= 0.3 is 6.18 Å². The van der Waals surface area contributed by atoms with Gasteiger partial charge in [-0.25, -0.2) is 9.97 Å². The number of carbonyl (C=O) groups is 1. The molecule has 1 N–H and O–H groups in total. The topological polar surface area (TPSA) is 54.9 Å². The molecule has 1 saturated carbocycles. The number of alkyl halides is 3. The molecule has 0 unspecified atom stereocenters. The number of carbonyl (C=O) groups excluding carboxylic acids is 1. The first-order valence-corrected chi connectivity index (χ1v) is 8.62. The van der Waals surface area contributed by atoms with Gasteiger partial charge in [-0.15, -0.1) is 0 Å². The van der Waals surface area contributed by atoms with Gasteiger partial charge in [-0.2, -0.15) is 13.2 Å². The zero-order chi connectivity index (χ0) is 18.7. The second kappa shape index (κ2) is 7.43. The zero-order valence-electron chi connectivity index (χ0n) is 14.4. The fraction of sp³-hybridized carbons (Fsp3) is 0.421. The van der Waals surface area contributed by atoms with Crippen molar-refractivity contribution in [1.82, 2.24) is 9.97 Å². The van der Waals surface area contributed by atoms with Gasteiger partial charge in [-0.3, -0.25) is 4.79 Å². The third-order valence-electron chi connectivity index (χ3n) is 4.73. The third kappa shape index (κ3) is 4.20. The number of rotatable bonds is 3. The number of anilines is 1. The molecule has 2 aromatic rings. The molecule has 1 aliphatic carbocycles. The molecule has 4 nitrogen and oxygen atoms in total. The highest BCUT2D eigenvalue weighted by molar-refractivity contribution is 5.93. The first kappa shape index (κ1) is 18.4. The molecule has 2 atom stereocenters. The summed E-state index contributed by atoms with van der Waals surface area (Å²) in [6.45, 7) is 1.77. The van der Waals surface area contributed by atoms with E-state index in [1.807, 2.05) is 6.07 Å². The summed E-state index contributed by atoms with van der Waals surface area (Å²) in [5.74, 6) is -2.55. The normalized spacial score (nSPS) is 20.6. The zero-order valence-corrected chi connectivity index (χ0v) is 14.4. The van der Waals surface area contributed by atoms with E-state index < -0.39 is 23.9 Å². The third-order valence-corrected chi connectivity index (χ3v) is 4.73. The van der Waals surface area contributed by atoms with E-state index in [2.05, 4.69) is 15.3 Å². The van der Waals surface area contributed by atoms with Crippen molar-refractivity contribution in [3.05, 3.63) is 42.4 Å². The molecule has 1 amide bonds. The number of nitrogens with one attached hydrogen (secondary N) is 1. The van der Waals surface area contributed by atoms with Crippen LogP contribution in [0.4, 0.5) is 18.9 Å². The van der Waals surface area contributed by atoms with E-state index in [1.54, 1.807) is 37.4 Å². The van der Waals surface area contributed by atoms with Gasteiger partial charge in [0, 0.05) is 23.4 Å². The van der Waals surface area contributed by atoms with Gasteiger partial charge in [-0.1, -0.05) is 25.0 Å². The number of hydrogen-bond donors (Lipinski definition) is 1. The minimum atomic E-state index is -4.34. The fourth-order valence-corrected chi connectivity index (χ4v) is 3.44. The Kier molecular flexibility index (Phi) is 5.25. The van der Waals surface area contributed by atoms with E-state index in [9.17, 15) is 18.0 Å². The number of aryl methyl sites for hydroxylation is 1. The molecule has 3 rings (SSSR count). The maximum absolute atomic E-state index is 13.2. The van der Waals surface area contributed by atoms with Crippen molar-refractivity contribution in [2.24, 2.45) is 11.8 Å². The smallest absolute Gasteiger partial charge is 0.326 e. The molecule has 0 radical (unpaired) electrons. The van der Waals surface area contributed by atoms with Gasteiger partial charge in [0.05, 0.1) is 11.6 Å². The fourth-order valence-electron chi connectivity index (χ4n) is 3.44. The SMILES string of the molecule is Cc1nccc(-c2cccc(NC(=O)[C@H]3CCCC[C@@H]3C(F)(F)F)c2)n1. The van der Waals surface area contributed by atoms with E-state index in [0.29, 0.717) is 30.0 Å². The van der Waals surface area contributed by atoms with Gasteiger partial charge in [0.25, 0.3) is 0 Å². The first-order chi connectivity index (χ1) is 12.3. The average molecular weight is 363 g/mol. The Balaban J connectivity index is 1.78. The minimum Gasteiger partial charge on any atom is -0.326 e. The van der Waals surface area contributed by atoms with Crippen molar-refractivity contribution in [2.45, 2.75) is 38.8 Å². The highest BCUT2D eigenvalue weighted by Crippen LogP contribution is 2.42. The van der Waals surface area contributed by atoms with Crippen molar-refractivity contribution in [2.75, 3.05) is 5.32 Å². The number of amides is 1. The van der Waals surface area contributed by atoms with Crippen molar-refractivity contribution in [1.29, 1.82) is 0 Å². The Morgan fingerprint density at radius 3 is 2.69 bits per heavy atom. The van der Waals surface area contributed by atoms with Crippen LogP contribution in [0.2, 0.25) is 0 Å². The van der Waals surface area contributed by atoms with Crippen LogP contribution < -0.4 is 5.32 Å². The molecule has 1 aromatic carbocycles. The van der Waals surface area contributed by atoms with Crippen LogP contribution in [0.5, 0.6) is 0 Å². The Labute approximate surface area is 149 Å². The first-order valence-electron chi connectivity index (χ1n) is 8.62. The Morgan fingerprint density at radius 2 is 1.96 bits per heavy atom. The van der Waals surface area contributed by atoms with Crippen LogP contribution in [0.1, 0.15) is 31.5 Å². The Hall–Kier alpha value is -2.44. The molecule has 7 heteroatoms. The summed E-state index contributed by atoms with van der Waals surface area (Å²) in [7, 11) is 0. The number of benzene rings is 1.